The van der Waals surface area contributed by atoms with Crippen molar-refractivity contribution < 1.29 is 14.3 Å². The van der Waals surface area contributed by atoms with Crippen LogP contribution >= 0.6 is 23.6 Å². The summed E-state index contributed by atoms with van der Waals surface area (Å²) in [6.07, 6.45) is 2.55. The van der Waals surface area contributed by atoms with Crippen LogP contribution in [0, 0.1) is 6.92 Å². The Morgan fingerprint density at radius 1 is 1.18 bits per heavy atom. The predicted octanol–water partition coefficient (Wildman–Crippen LogP) is 4.15. The van der Waals surface area contributed by atoms with Gasteiger partial charge in [0.25, 0.3) is 5.91 Å². The lowest BCUT2D eigenvalue weighted by Gasteiger charge is -2.15. The molecule has 0 atom stereocenters. The van der Waals surface area contributed by atoms with E-state index in [1.54, 1.807) is 16.2 Å². The van der Waals surface area contributed by atoms with Crippen molar-refractivity contribution in [3.05, 3.63) is 51.3 Å². The highest BCUT2D eigenvalue weighted by Crippen LogP contribution is 2.29. The average molecular weight is 417 g/mol. The highest BCUT2D eigenvalue weighted by atomic mass is 32.1. The van der Waals surface area contributed by atoms with Crippen LogP contribution in [0.4, 0.5) is 0 Å². The summed E-state index contributed by atoms with van der Waals surface area (Å²) < 4.78 is 11.3. The van der Waals surface area contributed by atoms with Crippen molar-refractivity contribution in [2.24, 2.45) is 0 Å². The highest BCUT2D eigenvalue weighted by molar-refractivity contribution is 7.80. The fourth-order valence-corrected chi connectivity index (χ4v) is 4.07. The quantitative estimate of drug-likeness (QED) is 0.517. The summed E-state index contributed by atoms with van der Waals surface area (Å²) >= 11 is 6.98. The molecule has 1 aliphatic rings. The van der Waals surface area contributed by atoms with Crippen LogP contribution in [0.2, 0.25) is 0 Å². The molecule has 1 aromatic carbocycles. The maximum atomic E-state index is 12.8. The molecular weight excluding hydrogens is 392 g/mol. The SMILES string of the molecule is CCOc1ccc(CCN2C(=O)/C(=C\c3sccc3C)NC2=S)cc1OCC. The second kappa shape index (κ2) is 9.21. The minimum atomic E-state index is -0.0891. The zero-order valence-electron chi connectivity index (χ0n) is 16.3. The molecule has 7 heteroatoms. The number of thiocarbonyl (C=S) groups is 1. The smallest absolute Gasteiger partial charge is 0.276 e. The highest BCUT2D eigenvalue weighted by Gasteiger charge is 2.30. The molecule has 0 spiro atoms. The molecule has 1 aromatic heterocycles. The number of hydrogen-bond acceptors (Lipinski definition) is 5. The maximum Gasteiger partial charge on any atom is 0.276 e. The van der Waals surface area contributed by atoms with Crippen LogP contribution < -0.4 is 14.8 Å². The molecule has 3 rings (SSSR count). The lowest BCUT2D eigenvalue weighted by molar-refractivity contribution is -0.122. The minimum absolute atomic E-state index is 0.0891. The number of aryl methyl sites for hydroxylation is 1. The number of rotatable bonds is 8. The van der Waals surface area contributed by atoms with Crippen molar-refractivity contribution >= 4 is 40.7 Å². The third-order valence-corrected chi connectivity index (χ3v) is 5.66. The normalized spacial score (nSPS) is 15.2. The second-order valence-corrected chi connectivity index (χ2v) is 7.64. The first-order chi connectivity index (χ1) is 13.5. The molecule has 28 heavy (non-hydrogen) atoms. The number of nitrogens with one attached hydrogen (secondary N) is 1. The lowest BCUT2D eigenvalue weighted by atomic mass is 10.1. The molecule has 1 N–H and O–H groups in total. The Labute approximate surface area is 175 Å². The van der Waals surface area contributed by atoms with Gasteiger partial charge in [0, 0.05) is 11.4 Å². The molecule has 148 valence electrons. The summed E-state index contributed by atoms with van der Waals surface area (Å²) in [6, 6.07) is 7.92. The molecule has 2 aromatic rings. The van der Waals surface area contributed by atoms with Crippen LogP contribution in [-0.4, -0.2) is 35.7 Å². The van der Waals surface area contributed by atoms with Gasteiger partial charge in [0.2, 0.25) is 0 Å². The summed E-state index contributed by atoms with van der Waals surface area (Å²) in [5.74, 6) is 1.37. The van der Waals surface area contributed by atoms with E-state index < -0.39 is 0 Å². The van der Waals surface area contributed by atoms with Crippen molar-refractivity contribution in [3.8, 4) is 11.5 Å². The van der Waals surface area contributed by atoms with E-state index in [1.807, 2.05) is 56.5 Å². The van der Waals surface area contributed by atoms with E-state index in [2.05, 4.69) is 5.32 Å². The lowest BCUT2D eigenvalue weighted by Crippen LogP contribution is -2.32. The van der Waals surface area contributed by atoms with Crippen molar-refractivity contribution in [1.29, 1.82) is 0 Å². The summed E-state index contributed by atoms with van der Waals surface area (Å²) in [5.41, 5.74) is 2.74. The van der Waals surface area contributed by atoms with Gasteiger partial charge in [-0.15, -0.1) is 11.3 Å². The largest absolute Gasteiger partial charge is 0.490 e. The summed E-state index contributed by atoms with van der Waals surface area (Å²) in [6.45, 7) is 7.57. The first-order valence-electron chi connectivity index (χ1n) is 9.30. The van der Waals surface area contributed by atoms with E-state index in [-0.39, 0.29) is 5.91 Å². The molecule has 1 amide bonds. The monoisotopic (exact) mass is 416 g/mol. The van der Waals surface area contributed by atoms with Crippen LogP contribution in [0.5, 0.6) is 11.5 Å². The van der Waals surface area contributed by atoms with Crippen LogP contribution in [0.1, 0.15) is 29.9 Å². The number of amides is 1. The first-order valence-corrected chi connectivity index (χ1v) is 10.6. The van der Waals surface area contributed by atoms with Gasteiger partial charge in [0.1, 0.15) is 5.70 Å². The van der Waals surface area contributed by atoms with Gasteiger partial charge in [0.05, 0.1) is 13.2 Å². The van der Waals surface area contributed by atoms with E-state index in [0.717, 1.165) is 27.5 Å². The Hall–Kier alpha value is -2.38. The number of ether oxygens (including phenoxy) is 2. The van der Waals surface area contributed by atoms with Gasteiger partial charge in [0.15, 0.2) is 16.6 Å². The first kappa shape index (κ1) is 20.4. The van der Waals surface area contributed by atoms with Crippen LogP contribution in [0.15, 0.2) is 35.3 Å². The third kappa shape index (κ3) is 4.54. The number of hydrogen-bond donors (Lipinski definition) is 1. The number of nitrogens with zero attached hydrogens (tertiary/aromatic N) is 1. The molecule has 2 heterocycles. The van der Waals surface area contributed by atoms with Gasteiger partial charge in [-0.2, -0.15) is 0 Å². The topological polar surface area (TPSA) is 50.8 Å². The fraction of sp³-hybridized carbons (Fsp3) is 0.333. The zero-order chi connectivity index (χ0) is 20.1. The fourth-order valence-electron chi connectivity index (χ4n) is 2.93. The molecular formula is C21H24N2O3S2. The van der Waals surface area contributed by atoms with Gasteiger partial charge >= 0.3 is 0 Å². The van der Waals surface area contributed by atoms with E-state index in [9.17, 15) is 4.79 Å². The van der Waals surface area contributed by atoms with E-state index in [1.165, 1.54) is 0 Å². The molecule has 1 fully saturated rings. The average Bonchev–Trinajstić information content (AvgIpc) is 3.19. The Kier molecular flexibility index (Phi) is 6.70. The zero-order valence-corrected chi connectivity index (χ0v) is 17.9. The molecule has 0 saturated carbocycles. The molecule has 1 saturated heterocycles. The minimum Gasteiger partial charge on any atom is -0.490 e. The van der Waals surface area contributed by atoms with E-state index in [0.29, 0.717) is 37.0 Å². The van der Waals surface area contributed by atoms with Gasteiger partial charge in [-0.3, -0.25) is 9.69 Å². The molecule has 0 unspecified atom stereocenters. The predicted molar refractivity (Wildman–Crippen MR) is 117 cm³/mol. The third-order valence-electron chi connectivity index (χ3n) is 4.37. The molecule has 1 aliphatic heterocycles. The van der Waals surface area contributed by atoms with Gasteiger partial charge in [-0.05, 0) is 80.2 Å². The summed E-state index contributed by atoms with van der Waals surface area (Å²) in [4.78, 5) is 15.4. The van der Waals surface area contributed by atoms with Crippen LogP contribution in [0.25, 0.3) is 6.08 Å². The standard InChI is InChI=1S/C21H24N2O3S2/c1-4-25-17-7-6-15(12-18(17)26-5-2)8-10-23-20(24)16(22-21(23)27)13-19-14(3)9-11-28-19/h6-7,9,11-13H,4-5,8,10H2,1-3H3,(H,22,27)/b16-13+. The number of benzene rings is 1. The molecule has 0 bridgehead atoms. The maximum absolute atomic E-state index is 12.8. The van der Waals surface area contributed by atoms with Crippen LogP contribution in [0.3, 0.4) is 0 Å². The number of carbonyl (C=O) groups excluding carboxylic acids is 1. The van der Waals surface area contributed by atoms with Gasteiger partial charge < -0.3 is 14.8 Å². The van der Waals surface area contributed by atoms with Crippen LogP contribution in [-0.2, 0) is 11.2 Å². The number of thiophene rings is 1. The van der Waals surface area contributed by atoms with Crippen molar-refractivity contribution in [2.75, 3.05) is 19.8 Å². The molecule has 5 nitrogen and oxygen atoms in total. The molecule has 0 aliphatic carbocycles. The van der Waals surface area contributed by atoms with Crippen molar-refractivity contribution in [1.82, 2.24) is 10.2 Å². The van der Waals surface area contributed by atoms with E-state index in [4.69, 9.17) is 21.7 Å². The number of carbonyl (C=O) groups is 1. The molecule has 0 radical (unpaired) electrons. The van der Waals surface area contributed by atoms with Gasteiger partial charge in [-0.25, -0.2) is 0 Å². The van der Waals surface area contributed by atoms with Gasteiger partial charge in [-0.1, -0.05) is 6.07 Å². The Balaban J connectivity index is 1.70. The van der Waals surface area contributed by atoms with E-state index >= 15 is 0 Å². The van der Waals surface area contributed by atoms with Crippen molar-refractivity contribution in [2.45, 2.75) is 27.2 Å². The Morgan fingerprint density at radius 2 is 1.93 bits per heavy atom. The van der Waals surface area contributed by atoms with Crippen molar-refractivity contribution in [3.63, 3.8) is 0 Å². The Morgan fingerprint density at radius 3 is 2.61 bits per heavy atom. The Bertz CT molecular complexity index is 905. The summed E-state index contributed by atoms with van der Waals surface area (Å²) in [7, 11) is 0. The second-order valence-electron chi connectivity index (χ2n) is 6.31. The summed E-state index contributed by atoms with van der Waals surface area (Å²) in [5, 5.41) is 5.50.